The quantitative estimate of drug-likeness (QED) is 0.719. The van der Waals surface area contributed by atoms with Crippen LogP contribution < -0.4 is 5.73 Å². The van der Waals surface area contributed by atoms with Crippen LogP contribution in [0, 0.1) is 29.6 Å². The molecule has 2 heteroatoms. The highest BCUT2D eigenvalue weighted by Crippen LogP contribution is 2.56. The Hall–Kier alpha value is -0.0800. The van der Waals surface area contributed by atoms with Crippen molar-refractivity contribution in [3.63, 3.8) is 0 Å². The summed E-state index contributed by atoms with van der Waals surface area (Å²) >= 11 is 0. The standard InChI is InChI=1S/C14H25NO/c1-9-6-11(9)7-12-8-13(12)14(10-2-3-10)16-5-4-15/h9-14H,2-8,15H2,1H3. The van der Waals surface area contributed by atoms with Gasteiger partial charge in [0.25, 0.3) is 0 Å². The van der Waals surface area contributed by atoms with Crippen LogP contribution in [0.25, 0.3) is 0 Å². The van der Waals surface area contributed by atoms with E-state index in [0.29, 0.717) is 12.6 Å². The zero-order valence-corrected chi connectivity index (χ0v) is 10.4. The fourth-order valence-corrected chi connectivity index (χ4v) is 3.30. The van der Waals surface area contributed by atoms with Crippen molar-refractivity contribution >= 4 is 0 Å². The summed E-state index contributed by atoms with van der Waals surface area (Å²) in [6.45, 7) is 3.84. The first kappa shape index (κ1) is 11.0. The van der Waals surface area contributed by atoms with Crippen LogP contribution >= 0.6 is 0 Å². The summed E-state index contributed by atoms with van der Waals surface area (Å²) in [5.41, 5.74) is 5.54. The van der Waals surface area contributed by atoms with Crippen molar-refractivity contribution in [3.8, 4) is 0 Å². The summed E-state index contributed by atoms with van der Waals surface area (Å²) in [7, 11) is 0. The molecule has 0 aromatic heterocycles. The Kier molecular flexibility index (Phi) is 2.97. The molecule has 3 aliphatic rings. The van der Waals surface area contributed by atoms with Gasteiger partial charge in [0.1, 0.15) is 0 Å². The molecule has 0 aromatic carbocycles. The van der Waals surface area contributed by atoms with Crippen molar-refractivity contribution in [1.29, 1.82) is 0 Å². The molecule has 5 unspecified atom stereocenters. The average molecular weight is 223 g/mol. The Morgan fingerprint density at radius 3 is 2.56 bits per heavy atom. The minimum Gasteiger partial charge on any atom is -0.376 e. The van der Waals surface area contributed by atoms with Crippen LogP contribution in [-0.2, 0) is 4.74 Å². The molecular weight excluding hydrogens is 198 g/mol. The maximum absolute atomic E-state index is 5.97. The van der Waals surface area contributed by atoms with Crippen molar-refractivity contribution in [2.24, 2.45) is 35.3 Å². The topological polar surface area (TPSA) is 35.2 Å². The maximum atomic E-state index is 5.97. The van der Waals surface area contributed by atoms with E-state index in [-0.39, 0.29) is 0 Å². The highest BCUT2D eigenvalue weighted by molar-refractivity contribution is 5.01. The molecule has 0 bridgehead atoms. The predicted octanol–water partition coefficient (Wildman–Crippen LogP) is 2.42. The fraction of sp³-hybridized carbons (Fsp3) is 1.00. The number of nitrogens with two attached hydrogens (primary N) is 1. The van der Waals surface area contributed by atoms with Gasteiger partial charge in [-0.05, 0) is 61.7 Å². The van der Waals surface area contributed by atoms with Crippen LogP contribution in [0.15, 0.2) is 0 Å². The van der Waals surface area contributed by atoms with Crippen LogP contribution in [0.4, 0.5) is 0 Å². The molecule has 0 aromatic rings. The second-order valence-corrected chi connectivity index (χ2v) is 6.33. The van der Waals surface area contributed by atoms with Crippen molar-refractivity contribution in [2.45, 2.75) is 45.1 Å². The highest BCUT2D eigenvalue weighted by atomic mass is 16.5. The molecule has 0 heterocycles. The highest BCUT2D eigenvalue weighted by Gasteiger charge is 2.51. The van der Waals surface area contributed by atoms with Crippen LogP contribution in [0.3, 0.4) is 0 Å². The van der Waals surface area contributed by atoms with E-state index in [1.807, 2.05) is 0 Å². The molecule has 5 atom stereocenters. The third-order valence-corrected chi connectivity index (χ3v) is 4.80. The summed E-state index contributed by atoms with van der Waals surface area (Å²) in [6, 6.07) is 0. The predicted molar refractivity (Wildman–Crippen MR) is 65.0 cm³/mol. The minimum absolute atomic E-state index is 0.572. The zero-order chi connectivity index (χ0) is 11.1. The molecule has 0 amide bonds. The number of rotatable bonds is 7. The van der Waals surface area contributed by atoms with Gasteiger partial charge in [-0.1, -0.05) is 6.92 Å². The third-order valence-electron chi connectivity index (χ3n) is 4.80. The Balaban J connectivity index is 1.44. The molecule has 2 nitrogen and oxygen atoms in total. The van der Waals surface area contributed by atoms with Gasteiger partial charge in [0.15, 0.2) is 0 Å². The van der Waals surface area contributed by atoms with Gasteiger partial charge in [0, 0.05) is 6.54 Å². The smallest absolute Gasteiger partial charge is 0.0634 e. The normalized spacial score (nSPS) is 43.1. The lowest BCUT2D eigenvalue weighted by Gasteiger charge is -2.17. The van der Waals surface area contributed by atoms with E-state index in [4.69, 9.17) is 10.5 Å². The molecule has 0 aliphatic heterocycles. The zero-order valence-electron chi connectivity index (χ0n) is 10.4. The second-order valence-electron chi connectivity index (χ2n) is 6.33. The molecular formula is C14H25NO. The Bertz CT molecular complexity index is 251. The monoisotopic (exact) mass is 223 g/mol. The Morgan fingerprint density at radius 1 is 1.25 bits per heavy atom. The first-order chi connectivity index (χ1) is 7.79. The van der Waals surface area contributed by atoms with Gasteiger partial charge >= 0.3 is 0 Å². The summed E-state index contributed by atoms with van der Waals surface area (Å²) < 4.78 is 5.97. The molecule has 3 aliphatic carbocycles. The molecule has 2 N–H and O–H groups in total. The van der Waals surface area contributed by atoms with Gasteiger partial charge in [-0.2, -0.15) is 0 Å². The molecule has 92 valence electrons. The average Bonchev–Trinajstić information content (AvgIpc) is 3.07. The lowest BCUT2D eigenvalue weighted by molar-refractivity contribution is 0.0237. The van der Waals surface area contributed by atoms with Crippen molar-refractivity contribution in [1.82, 2.24) is 0 Å². The van der Waals surface area contributed by atoms with Gasteiger partial charge in [-0.25, -0.2) is 0 Å². The molecule has 3 fully saturated rings. The fourth-order valence-electron chi connectivity index (χ4n) is 3.30. The van der Waals surface area contributed by atoms with Gasteiger partial charge < -0.3 is 10.5 Å². The van der Waals surface area contributed by atoms with Gasteiger partial charge in [0.05, 0.1) is 12.7 Å². The molecule has 3 rings (SSSR count). The molecule has 0 spiro atoms. The Labute approximate surface area is 98.9 Å². The van der Waals surface area contributed by atoms with Crippen LogP contribution in [0.5, 0.6) is 0 Å². The van der Waals surface area contributed by atoms with Gasteiger partial charge in [-0.3, -0.25) is 0 Å². The lowest BCUT2D eigenvalue weighted by Crippen LogP contribution is -2.23. The second kappa shape index (κ2) is 4.30. The first-order valence-corrected chi connectivity index (χ1v) is 7.11. The largest absolute Gasteiger partial charge is 0.376 e. The first-order valence-electron chi connectivity index (χ1n) is 7.11. The number of hydrogen-bond donors (Lipinski definition) is 1. The van der Waals surface area contributed by atoms with Crippen molar-refractivity contribution in [3.05, 3.63) is 0 Å². The van der Waals surface area contributed by atoms with Crippen LogP contribution in [0.2, 0.25) is 0 Å². The van der Waals surface area contributed by atoms with E-state index in [9.17, 15) is 0 Å². The summed E-state index contributed by atoms with van der Waals surface area (Å²) in [4.78, 5) is 0. The van der Waals surface area contributed by atoms with E-state index in [1.54, 1.807) is 0 Å². The van der Waals surface area contributed by atoms with E-state index in [0.717, 1.165) is 36.2 Å². The molecule has 0 saturated heterocycles. The number of ether oxygens (including phenoxy) is 1. The van der Waals surface area contributed by atoms with Gasteiger partial charge in [-0.15, -0.1) is 0 Å². The van der Waals surface area contributed by atoms with E-state index in [1.165, 1.54) is 32.1 Å². The van der Waals surface area contributed by atoms with E-state index in [2.05, 4.69) is 6.92 Å². The summed E-state index contributed by atoms with van der Waals surface area (Å²) in [5, 5.41) is 0. The van der Waals surface area contributed by atoms with Gasteiger partial charge in [0.2, 0.25) is 0 Å². The molecule has 0 radical (unpaired) electrons. The van der Waals surface area contributed by atoms with Crippen LogP contribution in [0.1, 0.15) is 39.0 Å². The molecule has 3 saturated carbocycles. The third kappa shape index (κ3) is 2.43. The number of hydrogen-bond acceptors (Lipinski definition) is 2. The SMILES string of the molecule is CC1CC1CC1CC1C(OCCN)C1CC1. The lowest BCUT2D eigenvalue weighted by atomic mass is 10.1. The van der Waals surface area contributed by atoms with E-state index >= 15 is 0 Å². The summed E-state index contributed by atoms with van der Waals surface area (Å²) in [5.74, 6) is 4.86. The van der Waals surface area contributed by atoms with E-state index < -0.39 is 0 Å². The molecule has 16 heavy (non-hydrogen) atoms. The summed E-state index contributed by atoms with van der Waals surface area (Å²) in [6.07, 6.45) is 7.79. The van der Waals surface area contributed by atoms with Crippen molar-refractivity contribution < 1.29 is 4.74 Å². The van der Waals surface area contributed by atoms with Crippen LogP contribution in [-0.4, -0.2) is 19.3 Å². The Morgan fingerprint density at radius 2 is 2.00 bits per heavy atom. The minimum atomic E-state index is 0.572. The maximum Gasteiger partial charge on any atom is 0.0634 e. The van der Waals surface area contributed by atoms with Crippen molar-refractivity contribution in [2.75, 3.05) is 13.2 Å².